The summed E-state index contributed by atoms with van der Waals surface area (Å²) in [4.78, 5) is 13.5. The molecule has 1 saturated heterocycles. The van der Waals surface area contributed by atoms with Crippen LogP contribution in [-0.2, 0) is 4.79 Å². The maximum absolute atomic E-state index is 11.6. The van der Waals surface area contributed by atoms with Gasteiger partial charge in [-0.05, 0) is 30.7 Å². The van der Waals surface area contributed by atoms with Crippen molar-refractivity contribution >= 4 is 19.7 Å². The van der Waals surface area contributed by atoms with Gasteiger partial charge in [0, 0.05) is 24.2 Å². The van der Waals surface area contributed by atoms with E-state index in [1.165, 1.54) is 0 Å². The van der Waals surface area contributed by atoms with Gasteiger partial charge in [-0.1, -0.05) is 25.6 Å². The van der Waals surface area contributed by atoms with Gasteiger partial charge in [-0.25, -0.2) is 0 Å². The molecule has 18 heavy (non-hydrogen) atoms. The molecule has 0 bridgehead atoms. The molecule has 0 N–H and O–H groups in total. The zero-order chi connectivity index (χ0) is 13.2. The lowest BCUT2D eigenvalue weighted by Gasteiger charge is -2.15. The number of rotatable bonds is 1. The van der Waals surface area contributed by atoms with Gasteiger partial charge >= 0.3 is 0 Å². The van der Waals surface area contributed by atoms with Crippen molar-refractivity contribution in [1.29, 1.82) is 0 Å². The van der Waals surface area contributed by atoms with Gasteiger partial charge in [-0.15, -0.1) is 5.54 Å². The Kier molecular flexibility index (Phi) is 3.58. The van der Waals surface area contributed by atoms with Crippen LogP contribution in [-0.4, -0.2) is 20.5 Å². The van der Waals surface area contributed by atoms with Crippen molar-refractivity contribution in [3.05, 3.63) is 29.8 Å². The Hall–Kier alpha value is -1.53. The summed E-state index contributed by atoms with van der Waals surface area (Å²) >= 11 is 0. The van der Waals surface area contributed by atoms with Crippen molar-refractivity contribution in [2.24, 2.45) is 0 Å². The highest BCUT2D eigenvalue weighted by Crippen LogP contribution is 2.21. The second-order valence-corrected chi connectivity index (χ2v) is 10.4. The summed E-state index contributed by atoms with van der Waals surface area (Å²) in [7, 11) is -1.32. The first kappa shape index (κ1) is 12.9. The first-order valence-electron chi connectivity index (χ1n) is 6.39. The third-order valence-electron chi connectivity index (χ3n) is 2.83. The Morgan fingerprint density at radius 1 is 1.17 bits per heavy atom. The average molecular weight is 257 g/mol. The largest absolute Gasteiger partial charge is 0.312 e. The summed E-state index contributed by atoms with van der Waals surface area (Å²) < 4.78 is 0. The maximum Gasteiger partial charge on any atom is 0.227 e. The van der Waals surface area contributed by atoms with Crippen molar-refractivity contribution in [1.82, 2.24) is 0 Å². The molecule has 3 heteroatoms. The van der Waals surface area contributed by atoms with Gasteiger partial charge in [0.25, 0.3) is 0 Å². The molecule has 0 aliphatic carbocycles. The fraction of sp³-hybridized carbons (Fsp3) is 0.400. The third kappa shape index (κ3) is 3.24. The summed E-state index contributed by atoms with van der Waals surface area (Å²) in [5, 5.41) is 0. The molecular formula is C15H19NOSi. The third-order valence-corrected chi connectivity index (χ3v) is 3.71. The van der Waals surface area contributed by atoms with Crippen LogP contribution in [0.1, 0.15) is 18.4 Å². The number of hydrogen-bond donors (Lipinski definition) is 0. The van der Waals surface area contributed by atoms with E-state index in [4.69, 9.17) is 0 Å². The Morgan fingerprint density at radius 3 is 2.33 bits per heavy atom. The lowest BCUT2D eigenvalue weighted by atomic mass is 10.2. The van der Waals surface area contributed by atoms with E-state index in [0.29, 0.717) is 6.42 Å². The molecule has 0 unspecified atom stereocenters. The number of hydrogen-bond acceptors (Lipinski definition) is 1. The molecule has 1 aromatic rings. The van der Waals surface area contributed by atoms with Crippen LogP contribution in [0.4, 0.5) is 5.69 Å². The lowest BCUT2D eigenvalue weighted by Crippen LogP contribution is -2.23. The summed E-state index contributed by atoms with van der Waals surface area (Å²) in [5.41, 5.74) is 5.38. The minimum Gasteiger partial charge on any atom is -0.312 e. The maximum atomic E-state index is 11.6. The van der Waals surface area contributed by atoms with Gasteiger partial charge in [0.1, 0.15) is 8.07 Å². The van der Waals surface area contributed by atoms with Crippen molar-refractivity contribution in [3.63, 3.8) is 0 Å². The molecule has 1 aliphatic rings. The smallest absolute Gasteiger partial charge is 0.227 e. The van der Waals surface area contributed by atoms with Crippen LogP contribution in [0.2, 0.25) is 19.6 Å². The van der Waals surface area contributed by atoms with Crippen LogP contribution < -0.4 is 4.90 Å². The van der Waals surface area contributed by atoms with Crippen LogP contribution in [0, 0.1) is 11.5 Å². The molecule has 2 rings (SSSR count). The average Bonchev–Trinajstić information content (AvgIpc) is 2.73. The molecule has 0 radical (unpaired) electrons. The molecule has 1 fully saturated rings. The minimum absolute atomic E-state index is 0.232. The van der Waals surface area contributed by atoms with Crippen molar-refractivity contribution in [2.45, 2.75) is 32.5 Å². The Morgan fingerprint density at radius 2 is 1.83 bits per heavy atom. The number of nitrogens with zero attached hydrogens (tertiary/aromatic N) is 1. The van der Waals surface area contributed by atoms with E-state index >= 15 is 0 Å². The Bertz CT molecular complexity index is 502. The van der Waals surface area contributed by atoms with Crippen molar-refractivity contribution in [3.8, 4) is 11.5 Å². The summed E-state index contributed by atoms with van der Waals surface area (Å²) in [6.07, 6.45) is 1.65. The quantitative estimate of drug-likeness (QED) is 0.559. The summed E-state index contributed by atoms with van der Waals surface area (Å²) in [6.45, 7) is 7.55. The Balaban J connectivity index is 2.14. The highest BCUT2D eigenvalue weighted by atomic mass is 28.3. The van der Waals surface area contributed by atoms with Gasteiger partial charge < -0.3 is 4.90 Å². The molecule has 1 heterocycles. The zero-order valence-electron chi connectivity index (χ0n) is 11.3. The predicted octanol–water partition coefficient (Wildman–Crippen LogP) is 3.04. The van der Waals surface area contributed by atoms with Crippen molar-refractivity contribution in [2.75, 3.05) is 11.4 Å². The zero-order valence-corrected chi connectivity index (χ0v) is 12.3. The number of benzene rings is 1. The van der Waals surface area contributed by atoms with E-state index in [-0.39, 0.29) is 5.91 Å². The fourth-order valence-electron chi connectivity index (χ4n) is 1.91. The van der Waals surface area contributed by atoms with Crippen LogP contribution in [0.15, 0.2) is 24.3 Å². The summed E-state index contributed by atoms with van der Waals surface area (Å²) in [6, 6.07) is 8.01. The Labute approximate surface area is 110 Å². The van der Waals surface area contributed by atoms with Gasteiger partial charge in [0.2, 0.25) is 5.91 Å². The normalized spacial score (nSPS) is 15.5. The topological polar surface area (TPSA) is 20.3 Å². The molecule has 1 amide bonds. The van der Waals surface area contributed by atoms with Crippen molar-refractivity contribution < 1.29 is 4.79 Å². The molecule has 1 aliphatic heterocycles. The van der Waals surface area contributed by atoms with E-state index in [1.54, 1.807) is 0 Å². The first-order valence-corrected chi connectivity index (χ1v) is 9.89. The van der Waals surface area contributed by atoms with E-state index < -0.39 is 8.07 Å². The molecule has 1 aromatic carbocycles. The van der Waals surface area contributed by atoms with Gasteiger partial charge in [-0.2, -0.15) is 0 Å². The van der Waals surface area contributed by atoms with E-state index in [1.807, 2.05) is 29.2 Å². The minimum atomic E-state index is -1.32. The number of carbonyl (C=O) groups excluding carboxylic acids is 1. The molecule has 2 nitrogen and oxygen atoms in total. The molecule has 0 saturated carbocycles. The second kappa shape index (κ2) is 4.99. The lowest BCUT2D eigenvalue weighted by molar-refractivity contribution is -0.117. The fourth-order valence-corrected chi connectivity index (χ4v) is 2.42. The highest BCUT2D eigenvalue weighted by molar-refractivity contribution is 6.83. The van der Waals surface area contributed by atoms with E-state index in [9.17, 15) is 4.79 Å². The second-order valence-electron chi connectivity index (χ2n) is 5.70. The monoisotopic (exact) mass is 257 g/mol. The van der Waals surface area contributed by atoms with Gasteiger partial charge in [0.15, 0.2) is 0 Å². The molecule has 94 valence electrons. The first-order chi connectivity index (χ1) is 8.46. The SMILES string of the molecule is C[Si](C)(C)C#Cc1ccc(N2CCCC2=O)cc1. The van der Waals surface area contributed by atoms with Crippen LogP contribution in [0.5, 0.6) is 0 Å². The highest BCUT2D eigenvalue weighted by Gasteiger charge is 2.21. The van der Waals surface area contributed by atoms with E-state index in [0.717, 1.165) is 24.2 Å². The predicted molar refractivity (Wildman–Crippen MR) is 78.3 cm³/mol. The summed E-state index contributed by atoms with van der Waals surface area (Å²) in [5.74, 6) is 3.45. The molecule has 0 spiro atoms. The molecule has 0 aromatic heterocycles. The van der Waals surface area contributed by atoms with Crippen LogP contribution in [0.3, 0.4) is 0 Å². The number of carbonyl (C=O) groups is 1. The van der Waals surface area contributed by atoms with E-state index in [2.05, 4.69) is 31.1 Å². The number of anilines is 1. The van der Waals surface area contributed by atoms with Crippen LogP contribution >= 0.6 is 0 Å². The standard InChI is InChI=1S/C15H19NOSi/c1-18(2,3)12-10-13-6-8-14(9-7-13)16-11-4-5-15(16)17/h6-9H,4-5,11H2,1-3H3. The molecule has 0 atom stereocenters. The molecular weight excluding hydrogens is 238 g/mol. The van der Waals surface area contributed by atoms with Crippen LogP contribution in [0.25, 0.3) is 0 Å². The van der Waals surface area contributed by atoms with Gasteiger partial charge in [0.05, 0.1) is 0 Å². The number of amides is 1. The van der Waals surface area contributed by atoms with Gasteiger partial charge in [-0.3, -0.25) is 4.79 Å².